The zero-order chi connectivity index (χ0) is 19.6. The average molecular weight is 376 g/mol. The van der Waals surface area contributed by atoms with Gasteiger partial charge in [0.1, 0.15) is 0 Å². The molecule has 0 bridgehead atoms. The van der Waals surface area contributed by atoms with Crippen LogP contribution in [-0.2, 0) is 25.5 Å². The summed E-state index contributed by atoms with van der Waals surface area (Å²) >= 11 is 0. The van der Waals surface area contributed by atoms with E-state index in [0.717, 1.165) is 17.7 Å². The largest absolute Gasteiger partial charge is 0.378 e. The zero-order valence-electron chi connectivity index (χ0n) is 16.0. The first-order valence-corrected chi connectivity index (χ1v) is 9.18. The van der Waals surface area contributed by atoms with Crippen molar-refractivity contribution in [1.29, 1.82) is 0 Å². The Hall–Kier alpha value is -2.45. The van der Waals surface area contributed by atoms with Crippen molar-refractivity contribution in [2.45, 2.75) is 13.3 Å². The number of para-hydroxylation sites is 1. The molecule has 148 valence electrons. The molecule has 8 heteroatoms. The molecule has 1 aromatic rings. The summed E-state index contributed by atoms with van der Waals surface area (Å²) in [5, 5.41) is 5.39. The summed E-state index contributed by atoms with van der Waals surface area (Å²) in [7, 11) is 1.70. The van der Waals surface area contributed by atoms with Gasteiger partial charge in [-0.25, -0.2) is 0 Å². The number of morpholine rings is 1. The van der Waals surface area contributed by atoms with Crippen molar-refractivity contribution >= 4 is 23.4 Å². The highest BCUT2D eigenvalue weighted by molar-refractivity contribution is 5.95. The predicted molar refractivity (Wildman–Crippen MR) is 102 cm³/mol. The van der Waals surface area contributed by atoms with E-state index in [0.29, 0.717) is 26.3 Å². The van der Waals surface area contributed by atoms with Gasteiger partial charge >= 0.3 is 0 Å². The molecule has 1 aromatic carbocycles. The Labute approximate surface area is 159 Å². The summed E-state index contributed by atoms with van der Waals surface area (Å²) in [6.45, 7) is 4.37. The van der Waals surface area contributed by atoms with E-state index < -0.39 is 0 Å². The van der Waals surface area contributed by atoms with Gasteiger partial charge in [-0.3, -0.25) is 19.3 Å². The second-order valence-corrected chi connectivity index (χ2v) is 6.50. The molecule has 1 fully saturated rings. The van der Waals surface area contributed by atoms with Crippen LogP contribution in [0, 0.1) is 0 Å². The third-order valence-corrected chi connectivity index (χ3v) is 4.30. The molecule has 1 heterocycles. The van der Waals surface area contributed by atoms with Crippen molar-refractivity contribution in [1.82, 2.24) is 15.1 Å². The first kappa shape index (κ1) is 20.9. The van der Waals surface area contributed by atoms with E-state index in [2.05, 4.69) is 10.6 Å². The Morgan fingerprint density at radius 2 is 1.81 bits per heavy atom. The Morgan fingerprint density at radius 3 is 2.52 bits per heavy atom. The van der Waals surface area contributed by atoms with Crippen LogP contribution in [0.15, 0.2) is 24.3 Å². The van der Waals surface area contributed by atoms with E-state index in [1.165, 1.54) is 0 Å². The van der Waals surface area contributed by atoms with Gasteiger partial charge in [-0.1, -0.05) is 25.1 Å². The maximum Gasteiger partial charge on any atom is 0.243 e. The number of carbonyl (C=O) groups is 3. The number of carbonyl (C=O) groups excluding carboxylic acids is 3. The van der Waals surface area contributed by atoms with Crippen LogP contribution in [0.5, 0.6) is 0 Å². The number of anilines is 1. The van der Waals surface area contributed by atoms with Crippen LogP contribution in [0.1, 0.15) is 12.5 Å². The minimum Gasteiger partial charge on any atom is -0.378 e. The van der Waals surface area contributed by atoms with Crippen molar-refractivity contribution in [3.8, 4) is 0 Å². The van der Waals surface area contributed by atoms with E-state index >= 15 is 0 Å². The number of hydrogen-bond acceptors (Lipinski definition) is 5. The normalized spacial score (nSPS) is 14.1. The number of rotatable bonds is 8. The summed E-state index contributed by atoms with van der Waals surface area (Å²) < 4.78 is 5.22. The summed E-state index contributed by atoms with van der Waals surface area (Å²) in [4.78, 5) is 39.6. The smallest absolute Gasteiger partial charge is 0.243 e. The molecular weight excluding hydrogens is 348 g/mol. The predicted octanol–water partition coefficient (Wildman–Crippen LogP) is 0.0943. The van der Waals surface area contributed by atoms with Crippen molar-refractivity contribution in [3.05, 3.63) is 29.8 Å². The van der Waals surface area contributed by atoms with Gasteiger partial charge in [-0.15, -0.1) is 0 Å². The second-order valence-electron chi connectivity index (χ2n) is 6.50. The third kappa shape index (κ3) is 6.99. The molecular formula is C19H28N4O4. The number of ether oxygens (including phenoxy) is 1. The highest BCUT2D eigenvalue weighted by atomic mass is 16.5. The second kappa shape index (κ2) is 10.6. The number of hydrogen-bond donors (Lipinski definition) is 2. The van der Waals surface area contributed by atoms with Crippen LogP contribution in [-0.4, -0.2) is 80.5 Å². The monoisotopic (exact) mass is 376 g/mol. The Bertz CT molecular complexity index is 659. The van der Waals surface area contributed by atoms with Gasteiger partial charge in [-0.2, -0.15) is 0 Å². The standard InChI is InChI=1S/C19H28N4O4/c1-3-15-6-4-5-7-16(15)21-17(24)12-20-18(25)13-22(2)14-19(26)23-8-10-27-11-9-23/h4-7H,3,8-14H2,1-2H3,(H,20,25)(H,21,24). The van der Waals surface area contributed by atoms with E-state index in [9.17, 15) is 14.4 Å². The van der Waals surface area contributed by atoms with Crippen LogP contribution in [0.2, 0.25) is 0 Å². The lowest BCUT2D eigenvalue weighted by Crippen LogP contribution is -2.47. The Kier molecular flexibility index (Phi) is 8.22. The van der Waals surface area contributed by atoms with Crippen LogP contribution >= 0.6 is 0 Å². The van der Waals surface area contributed by atoms with Crippen molar-refractivity contribution in [3.63, 3.8) is 0 Å². The summed E-state index contributed by atoms with van der Waals surface area (Å²) in [6, 6.07) is 7.57. The fraction of sp³-hybridized carbons (Fsp3) is 0.526. The summed E-state index contributed by atoms with van der Waals surface area (Å²) in [5.74, 6) is -0.606. The maximum atomic E-state index is 12.2. The zero-order valence-corrected chi connectivity index (χ0v) is 16.0. The molecule has 2 rings (SSSR count). The van der Waals surface area contributed by atoms with E-state index in [-0.39, 0.29) is 37.4 Å². The van der Waals surface area contributed by atoms with Gasteiger partial charge in [0.05, 0.1) is 32.8 Å². The molecule has 1 saturated heterocycles. The molecule has 3 amide bonds. The van der Waals surface area contributed by atoms with Gasteiger partial charge in [0, 0.05) is 18.8 Å². The first-order chi connectivity index (χ1) is 13.0. The van der Waals surface area contributed by atoms with Gasteiger partial charge < -0.3 is 20.3 Å². The summed E-state index contributed by atoms with van der Waals surface area (Å²) in [6.07, 6.45) is 0.810. The topological polar surface area (TPSA) is 91.0 Å². The fourth-order valence-corrected chi connectivity index (χ4v) is 2.82. The van der Waals surface area contributed by atoms with E-state index in [4.69, 9.17) is 4.74 Å². The van der Waals surface area contributed by atoms with E-state index in [1.807, 2.05) is 31.2 Å². The molecule has 27 heavy (non-hydrogen) atoms. The SMILES string of the molecule is CCc1ccccc1NC(=O)CNC(=O)CN(C)CC(=O)N1CCOCC1. The number of nitrogens with zero attached hydrogens (tertiary/aromatic N) is 2. The highest BCUT2D eigenvalue weighted by Gasteiger charge is 2.19. The number of benzene rings is 1. The summed E-state index contributed by atoms with van der Waals surface area (Å²) in [5.41, 5.74) is 1.80. The van der Waals surface area contributed by atoms with Crippen LogP contribution < -0.4 is 10.6 Å². The Morgan fingerprint density at radius 1 is 1.11 bits per heavy atom. The first-order valence-electron chi connectivity index (χ1n) is 9.18. The molecule has 0 aliphatic carbocycles. The Balaban J connectivity index is 1.70. The quantitative estimate of drug-likeness (QED) is 0.671. The molecule has 0 atom stereocenters. The minimum absolute atomic E-state index is 0.0254. The lowest BCUT2D eigenvalue weighted by molar-refractivity contribution is -0.136. The van der Waals surface area contributed by atoms with Crippen molar-refractivity contribution in [2.75, 3.05) is 58.3 Å². The number of nitrogens with one attached hydrogen (secondary N) is 2. The van der Waals surface area contributed by atoms with Crippen LogP contribution in [0.25, 0.3) is 0 Å². The van der Waals surface area contributed by atoms with Crippen molar-refractivity contribution in [2.24, 2.45) is 0 Å². The molecule has 0 saturated carbocycles. The van der Waals surface area contributed by atoms with Gasteiger partial charge in [0.15, 0.2) is 0 Å². The third-order valence-electron chi connectivity index (χ3n) is 4.30. The average Bonchev–Trinajstić information content (AvgIpc) is 2.67. The molecule has 0 spiro atoms. The molecule has 0 radical (unpaired) electrons. The maximum absolute atomic E-state index is 12.2. The van der Waals surface area contributed by atoms with Crippen molar-refractivity contribution < 1.29 is 19.1 Å². The molecule has 0 aromatic heterocycles. The van der Waals surface area contributed by atoms with Gasteiger partial charge in [0.2, 0.25) is 17.7 Å². The fourth-order valence-electron chi connectivity index (χ4n) is 2.82. The van der Waals surface area contributed by atoms with E-state index in [1.54, 1.807) is 16.8 Å². The highest BCUT2D eigenvalue weighted by Crippen LogP contribution is 2.14. The lowest BCUT2D eigenvalue weighted by Gasteiger charge is -2.28. The lowest BCUT2D eigenvalue weighted by atomic mass is 10.1. The number of amides is 3. The number of likely N-dealkylation sites (N-methyl/N-ethyl adjacent to an activating group) is 1. The van der Waals surface area contributed by atoms with Crippen LogP contribution in [0.4, 0.5) is 5.69 Å². The number of aryl methyl sites for hydroxylation is 1. The molecule has 2 N–H and O–H groups in total. The van der Waals surface area contributed by atoms with Gasteiger partial charge in [-0.05, 0) is 25.1 Å². The molecule has 0 unspecified atom stereocenters. The van der Waals surface area contributed by atoms with Gasteiger partial charge in [0.25, 0.3) is 0 Å². The van der Waals surface area contributed by atoms with Crippen LogP contribution in [0.3, 0.4) is 0 Å². The molecule has 1 aliphatic rings. The minimum atomic E-state index is -0.300. The molecule has 8 nitrogen and oxygen atoms in total. The molecule has 1 aliphatic heterocycles.